The number of ketones is 2. The number of fused-ring (bicyclic) bond motifs is 2. The number of ether oxygens (including phenoxy) is 2. The van der Waals surface area contributed by atoms with Crippen LogP contribution in [0.3, 0.4) is 0 Å². The van der Waals surface area contributed by atoms with Crippen molar-refractivity contribution in [2.75, 3.05) is 7.11 Å². The van der Waals surface area contributed by atoms with Crippen LogP contribution < -0.4 is 4.74 Å². The molecule has 2 aromatic carbocycles. The van der Waals surface area contributed by atoms with Crippen LogP contribution in [0.5, 0.6) is 5.75 Å². The largest absolute Gasteiger partial charge is 0.486 e. The molecule has 0 aliphatic heterocycles. The summed E-state index contributed by atoms with van der Waals surface area (Å²) in [5.41, 5.74) is 0.947. The quantitative estimate of drug-likeness (QED) is 0.127. The van der Waals surface area contributed by atoms with Gasteiger partial charge in [0, 0.05) is 39.4 Å². The normalized spacial score (nSPS) is 14.7. The molecule has 0 atom stereocenters. The van der Waals surface area contributed by atoms with Gasteiger partial charge in [0.05, 0.1) is 34.0 Å². The number of carbonyl (C=O) groups is 3. The van der Waals surface area contributed by atoms with Crippen LogP contribution >= 0.6 is 22.9 Å². The molecule has 3 heterocycles. The highest BCUT2D eigenvalue weighted by molar-refractivity contribution is 7.18. The summed E-state index contributed by atoms with van der Waals surface area (Å²) >= 11 is 7.71. The van der Waals surface area contributed by atoms with Crippen molar-refractivity contribution in [2.45, 2.75) is 58.5 Å². The van der Waals surface area contributed by atoms with E-state index >= 15 is 0 Å². The van der Waals surface area contributed by atoms with Crippen molar-refractivity contribution in [3.63, 3.8) is 0 Å². The van der Waals surface area contributed by atoms with Gasteiger partial charge in [-0.3, -0.25) is 14.4 Å². The molecule has 0 spiro atoms. The lowest BCUT2D eigenvalue weighted by molar-refractivity contribution is -0.147. The van der Waals surface area contributed by atoms with Gasteiger partial charge >= 0.3 is 5.97 Å². The molecule has 0 radical (unpaired) electrons. The first-order valence-corrected chi connectivity index (χ1v) is 15.8. The molecule has 1 aliphatic rings. The van der Waals surface area contributed by atoms with Gasteiger partial charge in [0.2, 0.25) is 5.78 Å². The molecular weight excluding hydrogens is 596 g/mol. The molecule has 1 aliphatic carbocycles. The highest BCUT2D eigenvalue weighted by Crippen LogP contribution is 2.48. The van der Waals surface area contributed by atoms with Crippen molar-refractivity contribution in [1.82, 2.24) is 9.38 Å². The fourth-order valence-corrected chi connectivity index (χ4v) is 7.22. The van der Waals surface area contributed by atoms with Gasteiger partial charge in [-0.25, -0.2) is 4.98 Å². The highest BCUT2D eigenvalue weighted by Gasteiger charge is 2.50. The molecule has 0 saturated heterocycles. The molecule has 9 heteroatoms. The molecule has 7 nitrogen and oxygen atoms in total. The van der Waals surface area contributed by atoms with Crippen LogP contribution in [0.1, 0.15) is 83.4 Å². The molecule has 0 unspecified atom stereocenters. The maximum Gasteiger partial charge on any atom is 0.316 e. The van der Waals surface area contributed by atoms with E-state index in [1.807, 2.05) is 45.0 Å². The summed E-state index contributed by atoms with van der Waals surface area (Å²) in [5.74, 6) is -0.393. The average molecular weight is 629 g/mol. The molecule has 226 valence electrons. The minimum atomic E-state index is -1.14. The highest BCUT2D eigenvalue weighted by atomic mass is 35.5. The van der Waals surface area contributed by atoms with Gasteiger partial charge in [0.15, 0.2) is 5.78 Å². The zero-order chi connectivity index (χ0) is 31.2. The summed E-state index contributed by atoms with van der Waals surface area (Å²) in [6.45, 7) is 5.77. The third-order valence-electron chi connectivity index (χ3n) is 8.35. The number of carbonyl (C=O) groups excluding carboxylic acids is 3. The molecule has 5 aromatic rings. The van der Waals surface area contributed by atoms with Gasteiger partial charge in [-0.2, -0.15) is 0 Å². The lowest BCUT2D eigenvalue weighted by Crippen LogP contribution is -2.37. The van der Waals surface area contributed by atoms with E-state index in [4.69, 9.17) is 21.1 Å². The molecule has 44 heavy (non-hydrogen) atoms. The summed E-state index contributed by atoms with van der Waals surface area (Å²) in [6, 6.07) is 18.1. The van der Waals surface area contributed by atoms with Crippen LogP contribution in [0.15, 0.2) is 66.9 Å². The average Bonchev–Trinajstić information content (AvgIpc) is 3.74. The second-order valence-corrected chi connectivity index (χ2v) is 13.8. The number of hydrogen-bond acceptors (Lipinski definition) is 7. The predicted octanol–water partition coefficient (Wildman–Crippen LogP) is 8.23. The number of para-hydroxylation sites is 1. The molecular formula is C35H33ClN2O5S. The minimum Gasteiger partial charge on any atom is -0.486 e. The standard InChI is InChI=1S/C35H33ClN2O5S/c1-34(2,3)32(40)28-25-19-23(43-20-27-37-24-9-5-6-10-26(24)44-27)15-18-38(25)30(31(39)21-11-13-22(36)14-12-21)29(28)35(33(41)42-4)16-7-8-17-35/h5-6,9-15,18-19H,7-8,16-17,20H2,1-4H3. The smallest absolute Gasteiger partial charge is 0.316 e. The number of nitrogens with zero attached hydrogens (tertiary/aromatic N) is 2. The summed E-state index contributed by atoms with van der Waals surface area (Å²) in [4.78, 5) is 47.1. The van der Waals surface area contributed by atoms with Crippen LogP contribution in [0.25, 0.3) is 15.7 Å². The van der Waals surface area contributed by atoms with Gasteiger partial charge in [-0.1, -0.05) is 57.3 Å². The van der Waals surface area contributed by atoms with Crippen LogP contribution in [0, 0.1) is 5.41 Å². The Balaban J connectivity index is 1.57. The monoisotopic (exact) mass is 628 g/mol. The maximum absolute atomic E-state index is 14.4. The van der Waals surface area contributed by atoms with Gasteiger partial charge in [0.1, 0.15) is 17.4 Å². The molecule has 6 rings (SSSR count). The Morgan fingerprint density at radius 2 is 1.73 bits per heavy atom. The van der Waals surface area contributed by atoms with E-state index in [-0.39, 0.29) is 23.9 Å². The first kappa shape index (κ1) is 30.0. The Hall–Kier alpha value is -4.01. The number of rotatable bonds is 8. The van der Waals surface area contributed by atoms with E-state index in [0.717, 1.165) is 28.1 Å². The Bertz CT molecular complexity index is 1880. The number of halogens is 1. The van der Waals surface area contributed by atoms with Crippen LogP contribution in [0.2, 0.25) is 5.02 Å². The molecule has 0 N–H and O–H groups in total. The van der Waals surface area contributed by atoms with Gasteiger partial charge < -0.3 is 13.9 Å². The number of benzene rings is 2. The van der Waals surface area contributed by atoms with E-state index in [1.54, 1.807) is 58.3 Å². The fraction of sp³-hybridized carbons (Fsp3) is 0.314. The zero-order valence-electron chi connectivity index (χ0n) is 25.1. The Morgan fingerprint density at radius 3 is 2.39 bits per heavy atom. The second-order valence-electron chi connectivity index (χ2n) is 12.3. The topological polar surface area (TPSA) is 87.0 Å². The molecule has 1 saturated carbocycles. The van der Waals surface area contributed by atoms with E-state index < -0.39 is 16.8 Å². The summed E-state index contributed by atoms with van der Waals surface area (Å²) in [5, 5.41) is 1.32. The lowest BCUT2D eigenvalue weighted by Gasteiger charge is -2.29. The van der Waals surface area contributed by atoms with Crippen molar-refractivity contribution in [2.24, 2.45) is 5.41 Å². The number of methoxy groups -OCH3 is 1. The first-order chi connectivity index (χ1) is 21.0. The third kappa shape index (κ3) is 5.20. The van der Waals surface area contributed by atoms with Crippen LogP contribution in [-0.4, -0.2) is 34.0 Å². The molecule has 1 fully saturated rings. The van der Waals surface area contributed by atoms with Gasteiger partial charge in [-0.15, -0.1) is 11.3 Å². The van der Waals surface area contributed by atoms with E-state index in [0.29, 0.717) is 45.8 Å². The van der Waals surface area contributed by atoms with Crippen molar-refractivity contribution in [1.29, 1.82) is 0 Å². The number of hydrogen-bond donors (Lipinski definition) is 0. The van der Waals surface area contributed by atoms with E-state index in [2.05, 4.69) is 4.98 Å². The third-order valence-corrected chi connectivity index (χ3v) is 9.61. The molecule has 0 amide bonds. The zero-order valence-corrected chi connectivity index (χ0v) is 26.7. The van der Waals surface area contributed by atoms with Gasteiger partial charge in [0.25, 0.3) is 0 Å². The van der Waals surface area contributed by atoms with E-state index in [1.165, 1.54) is 7.11 Å². The van der Waals surface area contributed by atoms with Gasteiger partial charge in [-0.05, 0) is 55.3 Å². The second kappa shape index (κ2) is 11.5. The summed E-state index contributed by atoms with van der Waals surface area (Å²) < 4.78 is 14.4. The number of esters is 1. The van der Waals surface area contributed by atoms with Crippen molar-refractivity contribution in [3.05, 3.63) is 99.3 Å². The number of thiazole rings is 1. The Labute approximate surface area is 264 Å². The molecule has 0 bridgehead atoms. The van der Waals surface area contributed by atoms with Crippen molar-refractivity contribution in [3.8, 4) is 5.75 Å². The summed E-state index contributed by atoms with van der Waals surface area (Å²) in [6.07, 6.45) is 4.24. The fourth-order valence-electron chi connectivity index (χ4n) is 6.21. The molecule has 3 aromatic heterocycles. The van der Waals surface area contributed by atoms with E-state index in [9.17, 15) is 14.4 Å². The number of aromatic nitrogens is 2. The van der Waals surface area contributed by atoms with Crippen molar-refractivity contribution >= 4 is 56.2 Å². The van der Waals surface area contributed by atoms with Crippen molar-refractivity contribution < 1.29 is 23.9 Å². The van der Waals surface area contributed by atoms with Crippen LogP contribution in [-0.2, 0) is 21.6 Å². The van der Waals surface area contributed by atoms with Crippen LogP contribution in [0.4, 0.5) is 0 Å². The number of pyridine rings is 1. The predicted molar refractivity (Wildman–Crippen MR) is 172 cm³/mol. The summed E-state index contributed by atoms with van der Waals surface area (Å²) in [7, 11) is 1.36. The Morgan fingerprint density at radius 1 is 1.02 bits per heavy atom. The maximum atomic E-state index is 14.4. The minimum absolute atomic E-state index is 0.168. The Kier molecular flexibility index (Phi) is 7.84. The number of Topliss-reactive ketones (excluding diaryl/α,β-unsaturated/α-hetero) is 1. The lowest BCUT2D eigenvalue weighted by atomic mass is 9.73. The first-order valence-electron chi connectivity index (χ1n) is 14.6. The SMILES string of the molecule is COC(=O)C1(c2c(C(=O)C(C)(C)C)c3cc(OCc4nc5ccccc5s4)ccn3c2C(=O)c2ccc(Cl)cc2)CCCC1.